The molecule has 1 aliphatic rings. The summed E-state index contributed by atoms with van der Waals surface area (Å²) in [6.07, 6.45) is 3.67. The molecule has 0 saturated carbocycles. The second kappa shape index (κ2) is 5.54. The molecule has 0 bridgehead atoms. The van der Waals surface area contributed by atoms with Crippen LogP contribution in [0, 0.1) is 0 Å². The van der Waals surface area contributed by atoms with Gasteiger partial charge in [-0.15, -0.1) is 0 Å². The van der Waals surface area contributed by atoms with Crippen LogP contribution in [0.3, 0.4) is 0 Å². The Balaban J connectivity index is 1.61. The van der Waals surface area contributed by atoms with E-state index in [2.05, 4.69) is 39.8 Å². The monoisotopic (exact) mass is 304 g/mol. The summed E-state index contributed by atoms with van der Waals surface area (Å²) in [6.45, 7) is 2.03. The molecule has 0 atom stereocenters. The second-order valence-electron chi connectivity index (χ2n) is 6.13. The fraction of sp³-hybridized carbons (Fsp3) is 0.263. The molecule has 1 aliphatic carbocycles. The van der Waals surface area contributed by atoms with Crippen molar-refractivity contribution >= 4 is 22.7 Å². The van der Waals surface area contributed by atoms with Gasteiger partial charge in [-0.2, -0.15) is 5.10 Å². The predicted molar refractivity (Wildman–Crippen MR) is 95.0 cm³/mol. The molecule has 1 N–H and O–H groups in total. The summed E-state index contributed by atoms with van der Waals surface area (Å²) in [5.74, 6) is 0.756. The lowest BCUT2D eigenvalue weighted by atomic mass is 10.0. The zero-order valence-corrected chi connectivity index (χ0v) is 13.5. The van der Waals surface area contributed by atoms with Gasteiger partial charge in [-0.25, -0.2) is 10.4 Å². The van der Waals surface area contributed by atoms with Gasteiger partial charge in [-0.3, -0.25) is 0 Å². The van der Waals surface area contributed by atoms with Crippen LogP contribution in [0.15, 0.2) is 47.6 Å². The number of nitrogens with one attached hydrogen (secondary N) is 1. The van der Waals surface area contributed by atoms with Crippen molar-refractivity contribution in [1.82, 2.24) is 9.55 Å². The number of imidazole rings is 1. The van der Waals surface area contributed by atoms with E-state index >= 15 is 0 Å². The lowest BCUT2D eigenvalue weighted by Gasteiger charge is -2.06. The highest BCUT2D eigenvalue weighted by Gasteiger charge is 2.12. The Morgan fingerprint density at radius 2 is 1.96 bits per heavy atom. The van der Waals surface area contributed by atoms with E-state index in [1.54, 1.807) is 0 Å². The first-order chi connectivity index (χ1) is 11.2. The molecule has 0 fully saturated rings. The number of benzene rings is 2. The highest BCUT2D eigenvalue weighted by molar-refractivity contribution is 5.99. The molecule has 1 heterocycles. The van der Waals surface area contributed by atoms with Crippen molar-refractivity contribution in [3.8, 4) is 0 Å². The molecule has 0 spiro atoms. The molecule has 3 aromatic rings. The first-order valence-electron chi connectivity index (χ1n) is 8.06. The number of hydrazone groups is 1. The van der Waals surface area contributed by atoms with Crippen LogP contribution >= 0.6 is 0 Å². The Hall–Kier alpha value is -2.62. The normalized spacial score (nSPS) is 14.3. The second-order valence-corrected chi connectivity index (χ2v) is 6.13. The van der Waals surface area contributed by atoms with Crippen LogP contribution in [0.2, 0.25) is 0 Å². The maximum absolute atomic E-state index is 4.58. The zero-order chi connectivity index (χ0) is 15.8. The highest BCUT2D eigenvalue weighted by atomic mass is 15.4. The Morgan fingerprint density at radius 3 is 2.83 bits per heavy atom. The third kappa shape index (κ3) is 2.50. The lowest BCUT2D eigenvalue weighted by Crippen LogP contribution is -2.04. The van der Waals surface area contributed by atoms with Crippen molar-refractivity contribution in [3.05, 3.63) is 59.2 Å². The predicted octanol–water partition coefficient (Wildman–Crippen LogP) is 3.90. The van der Waals surface area contributed by atoms with Gasteiger partial charge in [0.1, 0.15) is 0 Å². The quantitative estimate of drug-likeness (QED) is 0.589. The number of hydrogen-bond acceptors (Lipinski definition) is 3. The van der Waals surface area contributed by atoms with Gasteiger partial charge in [-0.05, 0) is 61.1 Å². The van der Waals surface area contributed by atoms with E-state index in [9.17, 15) is 0 Å². The molecule has 2 aromatic carbocycles. The smallest absolute Gasteiger partial charge is 0.224 e. The van der Waals surface area contributed by atoms with Crippen molar-refractivity contribution in [2.75, 3.05) is 5.43 Å². The molecule has 0 amide bonds. The van der Waals surface area contributed by atoms with E-state index in [-0.39, 0.29) is 0 Å². The molecule has 0 radical (unpaired) electrons. The van der Waals surface area contributed by atoms with Gasteiger partial charge in [0.2, 0.25) is 5.95 Å². The summed E-state index contributed by atoms with van der Waals surface area (Å²) in [4.78, 5) is 4.58. The fourth-order valence-corrected chi connectivity index (χ4v) is 3.24. The van der Waals surface area contributed by atoms with Gasteiger partial charge >= 0.3 is 0 Å². The van der Waals surface area contributed by atoms with E-state index in [0.29, 0.717) is 0 Å². The largest absolute Gasteiger partial charge is 0.312 e. The summed E-state index contributed by atoms with van der Waals surface area (Å²) in [5.41, 5.74) is 10.3. The van der Waals surface area contributed by atoms with Crippen LogP contribution in [0.1, 0.15) is 30.0 Å². The van der Waals surface area contributed by atoms with Crippen molar-refractivity contribution in [1.29, 1.82) is 0 Å². The Morgan fingerprint density at radius 1 is 1.13 bits per heavy atom. The Bertz CT molecular complexity index is 905. The number of fused-ring (bicyclic) bond motifs is 2. The van der Waals surface area contributed by atoms with Crippen molar-refractivity contribution in [2.24, 2.45) is 12.1 Å². The number of aryl methyl sites for hydroxylation is 3. The summed E-state index contributed by atoms with van der Waals surface area (Å²) < 4.78 is 2.02. The molecular weight excluding hydrogens is 284 g/mol. The molecule has 23 heavy (non-hydrogen) atoms. The van der Waals surface area contributed by atoms with E-state index in [0.717, 1.165) is 22.7 Å². The van der Waals surface area contributed by atoms with Crippen LogP contribution in [0.4, 0.5) is 5.95 Å². The van der Waals surface area contributed by atoms with Crippen LogP contribution in [0.5, 0.6) is 0 Å². The molecule has 4 heteroatoms. The Kier molecular flexibility index (Phi) is 3.37. The summed E-state index contributed by atoms with van der Waals surface area (Å²) in [5, 5.41) is 4.53. The van der Waals surface area contributed by atoms with E-state index in [4.69, 9.17) is 0 Å². The first kappa shape index (κ1) is 14.0. The van der Waals surface area contributed by atoms with Crippen LogP contribution < -0.4 is 5.43 Å². The number of para-hydroxylation sites is 2. The van der Waals surface area contributed by atoms with Crippen molar-refractivity contribution in [2.45, 2.75) is 26.2 Å². The Labute approximate surface area is 135 Å². The van der Waals surface area contributed by atoms with Gasteiger partial charge in [0.25, 0.3) is 0 Å². The minimum atomic E-state index is 0.756. The topological polar surface area (TPSA) is 42.2 Å². The molecule has 4 rings (SSSR count). The maximum Gasteiger partial charge on any atom is 0.224 e. The number of hydrogen-bond donors (Lipinski definition) is 1. The molecule has 0 aliphatic heterocycles. The SMILES string of the molecule is C/C(=N\Nc1nc2ccccc2n1C)c1ccc2c(c1)CCC2. The summed E-state index contributed by atoms with van der Waals surface area (Å²) in [6, 6.07) is 14.8. The van der Waals surface area contributed by atoms with Crippen LogP contribution in [-0.2, 0) is 19.9 Å². The third-order valence-electron chi connectivity index (χ3n) is 4.63. The van der Waals surface area contributed by atoms with Crippen molar-refractivity contribution in [3.63, 3.8) is 0 Å². The zero-order valence-electron chi connectivity index (χ0n) is 13.5. The minimum Gasteiger partial charge on any atom is -0.312 e. The summed E-state index contributed by atoms with van der Waals surface area (Å²) in [7, 11) is 2.00. The standard InChI is InChI=1S/C19H20N4/c1-13(15-11-10-14-6-5-7-16(14)12-15)21-22-19-20-17-8-3-4-9-18(17)23(19)2/h3-4,8-12H,5-7H2,1-2H3,(H,20,22)/b21-13+. The molecule has 0 unspecified atom stereocenters. The number of nitrogens with zero attached hydrogens (tertiary/aromatic N) is 3. The fourth-order valence-electron chi connectivity index (χ4n) is 3.24. The molecule has 0 saturated heterocycles. The van der Waals surface area contributed by atoms with Gasteiger partial charge in [0, 0.05) is 7.05 Å². The number of anilines is 1. The van der Waals surface area contributed by atoms with Crippen molar-refractivity contribution < 1.29 is 0 Å². The van der Waals surface area contributed by atoms with Crippen LogP contribution in [-0.4, -0.2) is 15.3 Å². The first-order valence-corrected chi connectivity index (χ1v) is 8.06. The van der Waals surface area contributed by atoms with Gasteiger partial charge in [-0.1, -0.05) is 24.3 Å². The molecular formula is C19H20N4. The van der Waals surface area contributed by atoms with Gasteiger partial charge in [0.15, 0.2) is 0 Å². The maximum atomic E-state index is 4.58. The highest BCUT2D eigenvalue weighted by Crippen LogP contribution is 2.23. The third-order valence-corrected chi connectivity index (χ3v) is 4.63. The number of rotatable bonds is 3. The lowest BCUT2D eigenvalue weighted by molar-refractivity contribution is 0.912. The van der Waals surface area contributed by atoms with E-state index < -0.39 is 0 Å². The average Bonchev–Trinajstić information content (AvgIpc) is 3.17. The molecule has 1 aromatic heterocycles. The minimum absolute atomic E-state index is 0.756. The van der Waals surface area contributed by atoms with Gasteiger partial charge in [0.05, 0.1) is 16.7 Å². The number of aromatic nitrogens is 2. The average molecular weight is 304 g/mol. The summed E-state index contributed by atoms with van der Waals surface area (Å²) >= 11 is 0. The molecule has 4 nitrogen and oxygen atoms in total. The molecule has 116 valence electrons. The van der Waals surface area contributed by atoms with Gasteiger partial charge < -0.3 is 4.57 Å². The van der Waals surface area contributed by atoms with Crippen LogP contribution in [0.25, 0.3) is 11.0 Å². The van der Waals surface area contributed by atoms with E-state index in [1.807, 2.05) is 36.7 Å². The van der Waals surface area contributed by atoms with E-state index in [1.165, 1.54) is 36.0 Å².